The number of ketones is 2. The molecule has 5 nitrogen and oxygen atoms in total. The molecule has 0 spiro atoms. The quantitative estimate of drug-likeness (QED) is 0.393. The number of carbonyl (C=O) groups excluding carboxylic acids is 2. The molecule has 3 unspecified atom stereocenters. The van der Waals surface area contributed by atoms with Crippen LogP contribution in [0.4, 0.5) is 0 Å². The zero-order valence-corrected chi connectivity index (χ0v) is 19.8. The Morgan fingerprint density at radius 1 is 0.769 bits per heavy atom. The lowest BCUT2D eigenvalue weighted by molar-refractivity contribution is -0.118. The van der Waals surface area contributed by atoms with Crippen LogP contribution in [0.2, 0.25) is 0 Å². The molecule has 0 aromatic heterocycles. The fourth-order valence-electron chi connectivity index (χ4n) is 1.03. The molecule has 26 heavy (non-hydrogen) atoms. The first-order valence-electron chi connectivity index (χ1n) is 9.56. The Labute approximate surface area is 173 Å². The van der Waals surface area contributed by atoms with Crippen molar-refractivity contribution < 1.29 is 9.59 Å². The number of Topliss-reactive ketones (excluding diaryl/α,β-unsaturated/α-hetero) is 2. The van der Waals surface area contributed by atoms with E-state index in [1.807, 2.05) is 13.8 Å². The number of carbonyl (C=O) groups is 2. The Balaban J connectivity index is -0.000000124. The van der Waals surface area contributed by atoms with Gasteiger partial charge in [-0.05, 0) is 46.0 Å². The van der Waals surface area contributed by atoms with Gasteiger partial charge in [-0.2, -0.15) is 25.3 Å². The summed E-state index contributed by atoms with van der Waals surface area (Å²) in [6.45, 7) is 13.9. The molecule has 0 aromatic rings. The van der Waals surface area contributed by atoms with E-state index in [-0.39, 0.29) is 22.9 Å². The molecule has 3 atom stereocenters. The van der Waals surface area contributed by atoms with Crippen molar-refractivity contribution in [2.45, 2.75) is 103 Å². The van der Waals surface area contributed by atoms with Gasteiger partial charge >= 0.3 is 0 Å². The van der Waals surface area contributed by atoms with Gasteiger partial charge in [0.15, 0.2) is 0 Å². The molecule has 0 aliphatic heterocycles. The van der Waals surface area contributed by atoms with Gasteiger partial charge in [-0.25, -0.2) is 0 Å². The van der Waals surface area contributed by atoms with Crippen molar-refractivity contribution in [3.8, 4) is 0 Å². The van der Waals surface area contributed by atoms with Gasteiger partial charge < -0.3 is 17.2 Å². The lowest BCUT2D eigenvalue weighted by Crippen LogP contribution is -2.26. The molecule has 0 rings (SSSR count). The standard InChI is InChI=1S/C5H11NO.C5H13N.C5H10OS.C4H11NS/c1-3-5(6)4(2)7;1-3-5(6)4-2;1-3-5(7)4(2)6;1-2-4(6)3-5/h5H,3,6H2,1-2H3;5H,3-4,6H2,1-2H3;5,7H,3H2,1-2H3;4,6H,2-3,5H2,1H3. The van der Waals surface area contributed by atoms with Crippen molar-refractivity contribution in [3.05, 3.63) is 0 Å². The molecule has 0 aliphatic rings. The van der Waals surface area contributed by atoms with E-state index in [1.165, 1.54) is 6.92 Å². The van der Waals surface area contributed by atoms with Crippen molar-refractivity contribution in [2.75, 3.05) is 6.54 Å². The van der Waals surface area contributed by atoms with Gasteiger partial charge in [0.25, 0.3) is 0 Å². The normalized spacial score (nSPS) is 13.0. The largest absolute Gasteiger partial charge is 0.329 e. The average molecular weight is 412 g/mol. The predicted molar refractivity (Wildman–Crippen MR) is 123 cm³/mol. The molecule has 0 saturated carbocycles. The van der Waals surface area contributed by atoms with E-state index in [9.17, 15) is 9.59 Å². The smallest absolute Gasteiger partial charge is 0.146 e. The second kappa shape index (κ2) is 24.9. The van der Waals surface area contributed by atoms with Crippen LogP contribution in [-0.2, 0) is 9.59 Å². The number of hydrogen-bond donors (Lipinski definition) is 5. The third-order valence-electron chi connectivity index (χ3n) is 3.61. The van der Waals surface area contributed by atoms with Crippen molar-refractivity contribution in [1.29, 1.82) is 0 Å². The summed E-state index contributed by atoms with van der Waals surface area (Å²) in [5, 5.41) is 0.366. The van der Waals surface area contributed by atoms with Crippen LogP contribution in [-0.4, -0.2) is 40.7 Å². The minimum absolute atomic E-state index is 0.0417. The van der Waals surface area contributed by atoms with Crippen LogP contribution < -0.4 is 17.2 Å². The van der Waals surface area contributed by atoms with Gasteiger partial charge in [0.2, 0.25) is 0 Å². The van der Waals surface area contributed by atoms with Crippen LogP contribution in [0.15, 0.2) is 0 Å². The molecule has 0 aromatic carbocycles. The molecule has 0 radical (unpaired) electrons. The molecular formula is C19H45N3O2S2. The molecule has 0 heterocycles. The van der Waals surface area contributed by atoms with E-state index in [0.29, 0.717) is 17.8 Å². The minimum Gasteiger partial charge on any atom is -0.329 e. The number of hydrogen-bond acceptors (Lipinski definition) is 7. The third kappa shape index (κ3) is 31.7. The minimum atomic E-state index is -0.236. The van der Waals surface area contributed by atoms with Gasteiger partial charge in [0.1, 0.15) is 11.6 Å². The summed E-state index contributed by atoms with van der Waals surface area (Å²) in [7, 11) is 0. The van der Waals surface area contributed by atoms with Crippen molar-refractivity contribution in [2.24, 2.45) is 17.2 Å². The van der Waals surface area contributed by atoms with Crippen molar-refractivity contribution in [1.82, 2.24) is 0 Å². The van der Waals surface area contributed by atoms with Crippen molar-refractivity contribution >= 4 is 36.8 Å². The SMILES string of the molecule is CCC(N)C(C)=O.CCC(N)CC.CCC(S)C(C)=O.CCC(S)CN. The van der Waals surface area contributed by atoms with Crippen LogP contribution in [0.25, 0.3) is 0 Å². The maximum atomic E-state index is 10.3. The fraction of sp³-hybridized carbons (Fsp3) is 0.895. The van der Waals surface area contributed by atoms with E-state index in [0.717, 1.165) is 32.1 Å². The molecule has 0 amide bonds. The summed E-state index contributed by atoms with van der Waals surface area (Å²) in [6.07, 6.45) is 4.86. The Morgan fingerprint density at radius 2 is 1.19 bits per heavy atom. The summed E-state index contributed by atoms with van der Waals surface area (Å²) in [6, 6.07) is 0.199. The highest BCUT2D eigenvalue weighted by Gasteiger charge is 2.02. The summed E-state index contributed by atoms with van der Waals surface area (Å²) in [5.41, 5.74) is 15.9. The maximum absolute atomic E-state index is 10.3. The second-order valence-electron chi connectivity index (χ2n) is 6.03. The van der Waals surface area contributed by atoms with E-state index >= 15 is 0 Å². The van der Waals surface area contributed by atoms with Gasteiger partial charge in [0, 0.05) is 17.8 Å². The number of thiol groups is 2. The van der Waals surface area contributed by atoms with Gasteiger partial charge in [-0.1, -0.05) is 34.6 Å². The van der Waals surface area contributed by atoms with E-state index in [1.54, 1.807) is 6.92 Å². The fourth-order valence-corrected chi connectivity index (χ4v) is 1.03. The monoisotopic (exact) mass is 411 g/mol. The van der Waals surface area contributed by atoms with E-state index in [4.69, 9.17) is 17.2 Å². The molecule has 0 fully saturated rings. The highest BCUT2D eigenvalue weighted by molar-refractivity contribution is 7.81. The Hall–Kier alpha value is -0.0800. The van der Waals surface area contributed by atoms with E-state index in [2.05, 4.69) is 46.0 Å². The Kier molecular flexibility index (Phi) is 32.1. The lowest BCUT2D eigenvalue weighted by atomic mass is 10.2. The Morgan fingerprint density at radius 3 is 1.19 bits per heavy atom. The van der Waals surface area contributed by atoms with Crippen LogP contribution >= 0.6 is 25.3 Å². The van der Waals surface area contributed by atoms with Crippen LogP contribution in [0.1, 0.15) is 80.6 Å². The molecule has 160 valence electrons. The average Bonchev–Trinajstić information content (AvgIpc) is 2.66. The summed E-state index contributed by atoms with van der Waals surface area (Å²) in [5.74, 6) is 0.230. The maximum Gasteiger partial charge on any atom is 0.146 e. The third-order valence-corrected chi connectivity index (χ3v) is 4.91. The molecule has 0 bridgehead atoms. The molecule has 6 N–H and O–H groups in total. The second-order valence-corrected chi connectivity index (χ2v) is 7.39. The topological polar surface area (TPSA) is 112 Å². The van der Waals surface area contributed by atoms with Crippen LogP contribution in [0.5, 0.6) is 0 Å². The number of nitrogens with two attached hydrogens (primary N) is 3. The lowest BCUT2D eigenvalue weighted by Gasteiger charge is -1.99. The zero-order valence-electron chi connectivity index (χ0n) is 18.0. The molecular weight excluding hydrogens is 366 g/mol. The van der Waals surface area contributed by atoms with Gasteiger partial charge in [-0.15, -0.1) is 0 Å². The summed E-state index contributed by atoms with van der Waals surface area (Å²) >= 11 is 8.08. The van der Waals surface area contributed by atoms with E-state index < -0.39 is 0 Å². The van der Waals surface area contributed by atoms with Crippen molar-refractivity contribution in [3.63, 3.8) is 0 Å². The van der Waals surface area contributed by atoms with Crippen LogP contribution in [0.3, 0.4) is 0 Å². The first kappa shape index (κ1) is 33.5. The highest BCUT2D eigenvalue weighted by atomic mass is 32.1. The van der Waals surface area contributed by atoms with Gasteiger partial charge in [-0.3, -0.25) is 9.59 Å². The van der Waals surface area contributed by atoms with Gasteiger partial charge in [0.05, 0.1) is 11.3 Å². The highest BCUT2D eigenvalue weighted by Crippen LogP contribution is 1.99. The zero-order chi connectivity index (χ0) is 21.7. The summed E-state index contributed by atoms with van der Waals surface area (Å²) in [4.78, 5) is 20.5. The predicted octanol–water partition coefficient (Wildman–Crippen LogP) is 3.38. The first-order chi connectivity index (χ1) is 12.0. The molecule has 0 aliphatic carbocycles. The molecule has 0 saturated heterocycles. The first-order valence-corrected chi connectivity index (χ1v) is 10.6. The number of rotatable bonds is 8. The molecule has 7 heteroatoms. The van der Waals surface area contributed by atoms with Crippen LogP contribution in [0, 0.1) is 0 Å². The Bertz CT molecular complexity index is 281. The summed E-state index contributed by atoms with van der Waals surface area (Å²) < 4.78 is 0.